The summed E-state index contributed by atoms with van der Waals surface area (Å²) < 4.78 is 2.06. The van der Waals surface area contributed by atoms with Crippen LogP contribution in [0.4, 0.5) is 0 Å². The molecule has 5 heteroatoms. The predicted octanol–water partition coefficient (Wildman–Crippen LogP) is -2.29. The van der Waals surface area contributed by atoms with Gasteiger partial charge in [-0.2, -0.15) is 23.8 Å². The molecule has 0 bridgehead atoms. The Labute approximate surface area is 162 Å². The summed E-state index contributed by atoms with van der Waals surface area (Å²) in [4.78, 5) is 4.05. The van der Waals surface area contributed by atoms with Gasteiger partial charge in [-0.25, -0.2) is 29.3 Å². The molecule has 2 nitrogen and oxygen atoms in total. The van der Waals surface area contributed by atoms with Gasteiger partial charge in [-0.15, -0.1) is 11.6 Å². The van der Waals surface area contributed by atoms with Crippen LogP contribution in [0.2, 0.25) is 0 Å². The third kappa shape index (κ3) is 5.02. The minimum absolute atomic E-state index is 0. The number of aromatic nitrogens is 2. The van der Waals surface area contributed by atoms with Crippen molar-refractivity contribution in [3.63, 3.8) is 0 Å². The maximum absolute atomic E-state index is 4.05. The van der Waals surface area contributed by atoms with Gasteiger partial charge in [0.2, 0.25) is 0 Å². The minimum atomic E-state index is 0. The third-order valence-electron chi connectivity index (χ3n) is 3.07. The number of imidazole rings is 1. The maximum Gasteiger partial charge on any atom is 4.00 e. The molecule has 22 heavy (non-hydrogen) atoms. The van der Waals surface area contributed by atoms with Gasteiger partial charge >= 0.3 is 26.2 Å². The average molecular weight is 408 g/mol. The molecule has 1 unspecified atom stereocenters. The number of hydrogen-bond acceptors (Lipinski definition) is 1. The van der Waals surface area contributed by atoms with Crippen LogP contribution in [0.5, 0.6) is 0 Å². The molecule has 3 aromatic rings. The van der Waals surface area contributed by atoms with E-state index in [1.807, 2.05) is 55.0 Å². The summed E-state index contributed by atoms with van der Waals surface area (Å²) >= 11 is 0. The third-order valence-corrected chi connectivity index (χ3v) is 3.07. The number of halogens is 2. The van der Waals surface area contributed by atoms with Gasteiger partial charge < -0.3 is 29.4 Å². The Bertz CT molecular complexity index is 632. The number of nitrogens with zero attached hydrogens (tertiary/aromatic N) is 2. The molecule has 0 saturated heterocycles. The van der Waals surface area contributed by atoms with E-state index in [-0.39, 0.29) is 57.1 Å². The summed E-state index contributed by atoms with van der Waals surface area (Å²) in [5.74, 6) is 0. The van der Waals surface area contributed by atoms with Crippen LogP contribution in [0.25, 0.3) is 6.08 Å². The van der Waals surface area contributed by atoms with Crippen LogP contribution in [-0.2, 0) is 26.2 Å². The first-order chi connectivity index (χ1) is 9.45. The van der Waals surface area contributed by atoms with Crippen molar-refractivity contribution in [2.45, 2.75) is 6.04 Å². The van der Waals surface area contributed by atoms with Crippen LogP contribution < -0.4 is 24.8 Å². The van der Waals surface area contributed by atoms with E-state index in [4.69, 9.17) is 0 Å². The fourth-order valence-corrected chi connectivity index (χ4v) is 2.14. The van der Waals surface area contributed by atoms with Crippen molar-refractivity contribution in [2.75, 3.05) is 0 Å². The largest absolute Gasteiger partial charge is 4.00 e. The molecular weight excluding hydrogens is 394 g/mol. The summed E-state index contributed by atoms with van der Waals surface area (Å²) in [6.45, 7) is 0. The van der Waals surface area contributed by atoms with Crippen molar-refractivity contribution in [3.05, 3.63) is 90.5 Å². The monoisotopic (exact) mass is 406 g/mol. The molecule has 0 fully saturated rings. The SMILES string of the molecule is [C-]1=Cc2ccccc2C1n1ccnc1.[Cl-].[Cl-].[Zr+4].c1cc[cH-]c1. The van der Waals surface area contributed by atoms with Gasteiger partial charge in [-0.3, -0.25) is 0 Å². The van der Waals surface area contributed by atoms with Crippen molar-refractivity contribution in [1.29, 1.82) is 0 Å². The summed E-state index contributed by atoms with van der Waals surface area (Å²) in [5, 5.41) is 0. The summed E-state index contributed by atoms with van der Waals surface area (Å²) in [6, 6.07) is 18.6. The second-order valence-electron chi connectivity index (χ2n) is 4.31. The van der Waals surface area contributed by atoms with E-state index in [1.54, 1.807) is 6.20 Å². The van der Waals surface area contributed by atoms with E-state index in [0.29, 0.717) is 0 Å². The van der Waals surface area contributed by atoms with Gasteiger partial charge in [-0.05, 0) is 6.04 Å². The molecule has 1 aliphatic carbocycles. The van der Waals surface area contributed by atoms with Crippen molar-refractivity contribution in [3.8, 4) is 0 Å². The first-order valence-electron chi connectivity index (χ1n) is 6.27. The van der Waals surface area contributed by atoms with E-state index in [9.17, 15) is 0 Å². The number of allylic oxidation sites excluding steroid dienone is 1. The van der Waals surface area contributed by atoms with Crippen LogP contribution in [0.15, 0.2) is 73.3 Å². The molecule has 0 N–H and O–H groups in total. The minimum Gasteiger partial charge on any atom is -1.00 e. The zero-order valence-corrected chi connectivity index (χ0v) is 15.7. The quantitative estimate of drug-likeness (QED) is 0.415. The zero-order chi connectivity index (χ0) is 12.9. The van der Waals surface area contributed by atoms with Crippen LogP contribution in [0.1, 0.15) is 17.2 Å². The van der Waals surface area contributed by atoms with E-state index in [1.165, 1.54) is 11.1 Å². The van der Waals surface area contributed by atoms with Crippen LogP contribution in [0.3, 0.4) is 0 Å². The topological polar surface area (TPSA) is 17.8 Å². The Morgan fingerprint density at radius 2 is 1.77 bits per heavy atom. The normalized spacial score (nSPS) is 13.5. The van der Waals surface area contributed by atoms with E-state index >= 15 is 0 Å². The van der Waals surface area contributed by atoms with Crippen molar-refractivity contribution >= 4 is 6.08 Å². The number of benzene rings is 1. The molecule has 110 valence electrons. The van der Waals surface area contributed by atoms with Gasteiger partial charge in [0.1, 0.15) is 0 Å². The van der Waals surface area contributed by atoms with Crippen molar-refractivity contribution < 1.29 is 51.0 Å². The van der Waals surface area contributed by atoms with E-state index in [0.717, 1.165) is 0 Å². The van der Waals surface area contributed by atoms with Gasteiger partial charge in [0.15, 0.2) is 0 Å². The van der Waals surface area contributed by atoms with Gasteiger partial charge in [0, 0.05) is 12.4 Å². The molecule has 0 spiro atoms. The number of hydrogen-bond donors (Lipinski definition) is 0. The van der Waals surface area contributed by atoms with Crippen molar-refractivity contribution in [1.82, 2.24) is 9.55 Å². The Morgan fingerprint density at radius 1 is 1.05 bits per heavy atom. The fraction of sp³-hybridized carbons (Fsp3) is 0.0588. The van der Waals surface area contributed by atoms with Gasteiger partial charge in [-0.1, -0.05) is 18.2 Å². The Hall–Kier alpha value is -1.02. The van der Waals surface area contributed by atoms with Crippen molar-refractivity contribution in [2.24, 2.45) is 0 Å². The number of fused-ring (bicyclic) bond motifs is 1. The molecule has 0 saturated carbocycles. The fourth-order valence-electron chi connectivity index (χ4n) is 2.14. The first-order valence-corrected chi connectivity index (χ1v) is 6.27. The van der Waals surface area contributed by atoms with Gasteiger partial charge in [0.25, 0.3) is 0 Å². The zero-order valence-electron chi connectivity index (χ0n) is 11.7. The smallest absolute Gasteiger partial charge is 1.00 e. The molecular formula is C17H14Cl2N2Zr. The standard InChI is InChI=1S/C12H9N2.C5H5.2ClH.Zr/c1-2-4-11-10(3-1)5-6-12(11)14-8-7-13-9-14;1-2-4-5-3-1;;;/h1-5,7-9,12H;1-5H;2*1H;/q2*-1;;;+4/p-2. The molecule has 1 heterocycles. The van der Waals surface area contributed by atoms with E-state index < -0.39 is 0 Å². The molecule has 0 aliphatic heterocycles. The first kappa shape index (κ1) is 21.0. The van der Waals surface area contributed by atoms with Crippen LogP contribution in [-0.4, -0.2) is 9.55 Å². The summed E-state index contributed by atoms with van der Waals surface area (Å²) in [7, 11) is 0. The molecule has 0 radical (unpaired) electrons. The van der Waals surface area contributed by atoms with Crippen LogP contribution in [0, 0.1) is 6.08 Å². The Kier molecular flexibility index (Phi) is 10.2. The Morgan fingerprint density at radius 3 is 2.36 bits per heavy atom. The second-order valence-corrected chi connectivity index (χ2v) is 4.31. The molecule has 1 aromatic heterocycles. The summed E-state index contributed by atoms with van der Waals surface area (Å²) in [6.07, 6.45) is 11.0. The van der Waals surface area contributed by atoms with E-state index in [2.05, 4.69) is 33.8 Å². The molecule has 4 rings (SSSR count). The van der Waals surface area contributed by atoms with Crippen LogP contribution >= 0.6 is 0 Å². The Balaban J connectivity index is 0.000000482. The molecule has 0 amide bonds. The molecule has 2 aromatic carbocycles. The number of rotatable bonds is 1. The molecule has 1 atom stereocenters. The maximum atomic E-state index is 4.05. The predicted molar refractivity (Wildman–Crippen MR) is 76.6 cm³/mol. The van der Waals surface area contributed by atoms with Gasteiger partial charge in [0.05, 0.1) is 6.33 Å². The summed E-state index contributed by atoms with van der Waals surface area (Å²) in [5.41, 5.74) is 2.55. The molecule has 1 aliphatic rings. The second kappa shape index (κ2) is 10.7. The average Bonchev–Trinajstić information content (AvgIpc) is 3.21.